The third kappa shape index (κ3) is 1.78. The van der Waals surface area contributed by atoms with Gasteiger partial charge in [-0.2, -0.15) is 0 Å². The molecule has 0 bridgehead atoms. The first kappa shape index (κ1) is 8.65. The van der Waals surface area contributed by atoms with Gasteiger partial charge >= 0.3 is 0 Å². The van der Waals surface area contributed by atoms with E-state index in [1.807, 2.05) is 6.07 Å². The zero-order valence-corrected chi connectivity index (χ0v) is 6.78. The molecule has 0 fully saturated rings. The van der Waals surface area contributed by atoms with E-state index in [0.717, 1.165) is 0 Å². The van der Waals surface area contributed by atoms with E-state index < -0.39 is 5.92 Å². The van der Waals surface area contributed by atoms with E-state index in [4.69, 9.17) is 0 Å². The molecule has 61 valence electrons. The highest BCUT2D eigenvalue weighted by atomic mass is 16.1. The Kier molecular flexibility index (Phi) is 2.75. The van der Waals surface area contributed by atoms with E-state index in [2.05, 4.69) is 0 Å². The van der Waals surface area contributed by atoms with E-state index in [1.54, 1.807) is 37.5 Å². The van der Waals surface area contributed by atoms with E-state index in [1.165, 1.54) is 0 Å². The predicted molar refractivity (Wildman–Crippen MR) is 45.6 cm³/mol. The Morgan fingerprint density at radius 1 is 1.33 bits per heavy atom. The van der Waals surface area contributed by atoms with Gasteiger partial charge in [0.05, 0.1) is 5.92 Å². The molecule has 0 spiro atoms. The molecule has 0 aliphatic carbocycles. The highest BCUT2D eigenvalue weighted by Crippen LogP contribution is 2.05. The molecular formula is C10H9O2. The van der Waals surface area contributed by atoms with Crippen molar-refractivity contribution >= 4 is 12.1 Å². The van der Waals surface area contributed by atoms with Gasteiger partial charge in [-0.3, -0.25) is 9.59 Å². The third-order valence-corrected chi connectivity index (χ3v) is 1.63. The minimum Gasteiger partial charge on any atom is -0.293 e. The number of carbonyl (C=O) groups excluding carboxylic acids is 2. The van der Waals surface area contributed by atoms with Crippen LogP contribution in [0.25, 0.3) is 0 Å². The molecule has 1 aromatic rings. The molecule has 1 atom stereocenters. The second-order valence-corrected chi connectivity index (χ2v) is 2.57. The highest BCUT2D eigenvalue weighted by molar-refractivity contribution is 6.04. The van der Waals surface area contributed by atoms with Gasteiger partial charge in [0.2, 0.25) is 6.29 Å². The molecule has 2 nitrogen and oxygen atoms in total. The van der Waals surface area contributed by atoms with Crippen LogP contribution in [0.2, 0.25) is 0 Å². The van der Waals surface area contributed by atoms with Crippen molar-refractivity contribution in [3.05, 3.63) is 35.9 Å². The first-order valence-electron chi connectivity index (χ1n) is 3.72. The summed E-state index contributed by atoms with van der Waals surface area (Å²) in [7, 11) is 0. The summed E-state index contributed by atoms with van der Waals surface area (Å²) in [4.78, 5) is 21.5. The number of hydrogen-bond acceptors (Lipinski definition) is 2. The Morgan fingerprint density at radius 3 is 2.42 bits per heavy atom. The quantitative estimate of drug-likeness (QED) is 0.498. The number of rotatable bonds is 3. The van der Waals surface area contributed by atoms with Gasteiger partial charge in [0, 0.05) is 5.56 Å². The summed E-state index contributed by atoms with van der Waals surface area (Å²) >= 11 is 0. The van der Waals surface area contributed by atoms with Gasteiger partial charge < -0.3 is 0 Å². The standard InChI is InChI=1S/C10H9O2/c1-8(7-11)10(12)9-5-3-2-4-6-9/h2-6,8H,1H3/t8-/m0/s1. The van der Waals surface area contributed by atoms with E-state index >= 15 is 0 Å². The fraction of sp³-hybridized carbons (Fsp3) is 0.200. The predicted octanol–water partition coefficient (Wildman–Crippen LogP) is 1.62. The molecule has 1 radical (unpaired) electrons. The van der Waals surface area contributed by atoms with Crippen molar-refractivity contribution in [2.45, 2.75) is 6.92 Å². The molecule has 0 saturated heterocycles. The minimum absolute atomic E-state index is 0.175. The maximum absolute atomic E-state index is 11.3. The van der Waals surface area contributed by atoms with Gasteiger partial charge in [0.1, 0.15) is 0 Å². The normalized spacial score (nSPS) is 12.1. The topological polar surface area (TPSA) is 34.1 Å². The number of Topliss-reactive ketones (excluding diaryl/α,β-unsaturated/α-hetero) is 1. The summed E-state index contributed by atoms with van der Waals surface area (Å²) in [6.07, 6.45) is 1.66. The summed E-state index contributed by atoms with van der Waals surface area (Å²) in [6, 6.07) is 8.74. The highest BCUT2D eigenvalue weighted by Gasteiger charge is 2.13. The molecule has 0 unspecified atom stereocenters. The van der Waals surface area contributed by atoms with Crippen LogP contribution in [0.1, 0.15) is 17.3 Å². The smallest absolute Gasteiger partial charge is 0.209 e. The zero-order valence-electron chi connectivity index (χ0n) is 6.78. The fourth-order valence-electron chi connectivity index (χ4n) is 0.906. The summed E-state index contributed by atoms with van der Waals surface area (Å²) in [5, 5.41) is 0. The van der Waals surface area contributed by atoms with Crippen molar-refractivity contribution in [1.82, 2.24) is 0 Å². The number of hydrogen-bond donors (Lipinski definition) is 0. The van der Waals surface area contributed by atoms with Gasteiger partial charge in [-0.15, -0.1) is 0 Å². The lowest BCUT2D eigenvalue weighted by atomic mass is 10.0. The van der Waals surface area contributed by atoms with Gasteiger partial charge in [-0.05, 0) is 6.92 Å². The van der Waals surface area contributed by atoms with Gasteiger partial charge in [-0.25, -0.2) is 0 Å². The van der Waals surface area contributed by atoms with Crippen molar-refractivity contribution in [2.75, 3.05) is 0 Å². The second-order valence-electron chi connectivity index (χ2n) is 2.57. The molecule has 0 N–H and O–H groups in total. The molecule has 0 heterocycles. The summed E-state index contributed by atoms with van der Waals surface area (Å²) in [6.45, 7) is 1.54. The molecule has 0 saturated carbocycles. The number of carbonyl (C=O) groups is 1. The van der Waals surface area contributed by atoms with Gasteiger partial charge in [0.15, 0.2) is 5.78 Å². The van der Waals surface area contributed by atoms with Crippen molar-refractivity contribution in [3.63, 3.8) is 0 Å². The molecule has 0 amide bonds. The first-order valence-corrected chi connectivity index (χ1v) is 3.72. The van der Waals surface area contributed by atoms with Crippen molar-refractivity contribution in [2.24, 2.45) is 5.92 Å². The average Bonchev–Trinajstić information content (AvgIpc) is 2.17. The van der Waals surface area contributed by atoms with Crippen molar-refractivity contribution in [1.29, 1.82) is 0 Å². The Morgan fingerprint density at radius 2 is 1.92 bits per heavy atom. The molecule has 12 heavy (non-hydrogen) atoms. The Labute approximate surface area is 71.2 Å². The molecular weight excluding hydrogens is 152 g/mol. The Bertz CT molecular complexity index is 277. The lowest BCUT2D eigenvalue weighted by Gasteiger charge is -2.00. The maximum Gasteiger partial charge on any atom is 0.209 e. The Balaban J connectivity index is 2.85. The maximum atomic E-state index is 11.3. The lowest BCUT2D eigenvalue weighted by Crippen LogP contribution is -2.11. The molecule has 0 aromatic heterocycles. The molecule has 1 aromatic carbocycles. The van der Waals surface area contributed by atoms with Crippen LogP contribution >= 0.6 is 0 Å². The zero-order chi connectivity index (χ0) is 8.97. The van der Waals surface area contributed by atoms with Crippen LogP contribution in [0.15, 0.2) is 30.3 Å². The monoisotopic (exact) mass is 161 g/mol. The van der Waals surface area contributed by atoms with E-state index in [-0.39, 0.29) is 5.78 Å². The third-order valence-electron chi connectivity index (χ3n) is 1.63. The van der Waals surface area contributed by atoms with Crippen LogP contribution in [0.5, 0.6) is 0 Å². The molecule has 0 aliphatic heterocycles. The van der Waals surface area contributed by atoms with Crippen molar-refractivity contribution in [3.8, 4) is 0 Å². The van der Waals surface area contributed by atoms with Crippen LogP contribution in [0.4, 0.5) is 0 Å². The Hall–Kier alpha value is -1.44. The largest absolute Gasteiger partial charge is 0.293 e. The number of ketones is 1. The molecule has 0 aliphatic rings. The van der Waals surface area contributed by atoms with Crippen LogP contribution in [0, 0.1) is 5.92 Å². The van der Waals surface area contributed by atoms with Crippen LogP contribution in [-0.2, 0) is 4.79 Å². The summed E-state index contributed by atoms with van der Waals surface area (Å²) in [5.74, 6) is -0.835. The minimum atomic E-state index is -0.660. The van der Waals surface area contributed by atoms with Gasteiger partial charge in [0.25, 0.3) is 0 Å². The second kappa shape index (κ2) is 3.81. The van der Waals surface area contributed by atoms with E-state index in [0.29, 0.717) is 5.56 Å². The lowest BCUT2D eigenvalue weighted by molar-refractivity contribution is 0.0960. The van der Waals surface area contributed by atoms with Crippen LogP contribution < -0.4 is 0 Å². The van der Waals surface area contributed by atoms with Crippen molar-refractivity contribution < 1.29 is 9.59 Å². The van der Waals surface area contributed by atoms with Gasteiger partial charge in [-0.1, -0.05) is 30.3 Å². The fourth-order valence-corrected chi connectivity index (χ4v) is 0.906. The molecule has 2 heteroatoms. The summed E-state index contributed by atoms with van der Waals surface area (Å²) < 4.78 is 0. The van der Waals surface area contributed by atoms with Crippen LogP contribution in [0.3, 0.4) is 0 Å². The summed E-state index contributed by atoms with van der Waals surface area (Å²) in [5.41, 5.74) is 0.563. The average molecular weight is 161 g/mol. The number of benzene rings is 1. The molecule has 1 rings (SSSR count). The van der Waals surface area contributed by atoms with E-state index in [9.17, 15) is 9.59 Å². The van der Waals surface area contributed by atoms with Crippen LogP contribution in [-0.4, -0.2) is 12.1 Å². The first-order chi connectivity index (χ1) is 5.75. The SMILES string of the molecule is C[C@@H]([C]=O)C(=O)c1ccccc1.